The molecule has 1 saturated carbocycles. The highest BCUT2D eigenvalue weighted by Crippen LogP contribution is 2.33. The number of ether oxygens (including phenoxy) is 3. The number of aromatic nitrogens is 1. The molecule has 0 unspecified atom stereocenters. The first-order valence-electron chi connectivity index (χ1n) is 41.5. The summed E-state index contributed by atoms with van der Waals surface area (Å²) >= 11 is 6.06. The zero-order valence-corrected chi connectivity index (χ0v) is 74.5. The summed E-state index contributed by atoms with van der Waals surface area (Å²) < 4.78 is 18.0. The highest BCUT2D eigenvalue weighted by molar-refractivity contribution is 8.00. The molecule has 1 aromatic heterocycles. The summed E-state index contributed by atoms with van der Waals surface area (Å²) in [5.74, 6) is -4.41. The van der Waals surface area contributed by atoms with Crippen LogP contribution in [0.4, 0.5) is 15.3 Å². The van der Waals surface area contributed by atoms with E-state index in [1.807, 2.05) is 88.3 Å². The Kier molecular flexibility index (Phi) is 42.8. The Bertz CT molecular complexity index is 3630. The minimum Gasteiger partial charge on any atom is -0.445 e. The van der Waals surface area contributed by atoms with Crippen molar-refractivity contribution in [1.29, 1.82) is 0 Å². The lowest BCUT2D eigenvalue weighted by Gasteiger charge is -2.42. The molecule has 3 heterocycles. The lowest BCUT2D eigenvalue weighted by molar-refractivity contribution is -0.158. The summed E-state index contributed by atoms with van der Waals surface area (Å²) in [6, 6.07) is 9.70. The number of rotatable bonds is 45. The van der Waals surface area contributed by atoms with E-state index in [1.165, 1.54) is 85.6 Å². The lowest BCUT2D eigenvalue weighted by Crippen LogP contribution is -2.60. The average Bonchev–Trinajstić information content (AvgIpc) is 1.78. The Morgan fingerprint density at radius 3 is 1.83 bits per heavy atom. The zero-order chi connectivity index (χ0) is 85.8. The molecule has 6 rings (SSSR count). The molecule has 652 valence electrons. The average molecular weight is 1710 g/mol. The summed E-state index contributed by atoms with van der Waals surface area (Å²) in [4.78, 5) is 180. The molecule has 3 aliphatic rings. The fourth-order valence-corrected chi connectivity index (χ4v) is 18.4. The predicted molar refractivity (Wildman–Crippen MR) is 461 cm³/mol. The van der Waals surface area contributed by atoms with Crippen molar-refractivity contribution < 1.29 is 71.7 Å². The molecule has 2 saturated heterocycles. The second kappa shape index (κ2) is 51.0. The highest BCUT2D eigenvalue weighted by atomic mass is 32.2. The fourth-order valence-electron chi connectivity index (χ4n) is 15.3. The number of thiazole rings is 1. The molecule has 1 aliphatic carbocycles. The third-order valence-electron chi connectivity index (χ3n) is 22.2. The maximum absolute atomic E-state index is 15.0. The standard InChI is InChI=1S/C84H132N14O15S4/c1-15-57(8)75(66(111-12)48-71(103)98-42-26-32-65(98)76(112-13)58(9)77(104)90-64(81-86-41-46-117-81)47-59-27-21-20-22-28-59)93(10)82(108)73(55(4)5)92-80(107)74(56(6)7)94(11)84(110)113-49-60-33-35-61(36-34-60)88-78(105)63(31-25-40-87-83(85)109)89-79(106)72(54(2)3)91-67(99)50-115-44-38-69(101)96-51-95(68(100)37-43-114-14)52-97(53-96)70(102)39-45-116-62-29-23-18-16-17-19-24-30-62/h20-22,27-28,33-36,41,46,54-58,62-66,72-76H,15-19,23-26,29-32,37-40,42-45,47-53H2,1-14H3,(H,88,105)(H,89,106)(H,90,104)(H,91,99)(H,92,107)(H3,85,87,109)/t57-,58+,63-,64-,65-,66+,72-,73-,74-,75-,76+/m0/s1. The van der Waals surface area contributed by atoms with E-state index >= 15 is 0 Å². The number of benzene rings is 2. The van der Waals surface area contributed by atoms with E-state index in [-0.39, 0.29) is 118 Å². The molecule has 2 aromatic carbocycles. The number of nitrogens with two attached hydrogens (primary N) is 1. The predicted octanol–water partition coefficient (Wildman–Crippen LogP) is 9.78. The molecule has 11 atom stereocenters. The quantitative estimate of drug-likeness (QED) is 0.0259. The van der Waals surface area contributed by atoms with E-state index in [9.17, 15) is 57.5 Å². The number of nitrogens with zero attached hydrogens (tertiary/aromatic N) is 7. The van der Waals surface area contributed by atoms with Gasteiger partial charge in [-0.3, -0.25) is 52.8 Å². The first-order chi connectivity index (χ1) is 55.9. The monoisotopic (exact) mass is 1700 g/mol. The summed E-state index contributed by atoms with van der Waals surface area (Å²) in [5.41, 5.74) is 7.21. The zero-order valence-electron chi connectivity index (χ0n) is 71.3. The van der Waals surface area contributed by atoms with Gasteiger partial charge < -0.3 is 76.3 Å². The van der Waals surface area contributed by atoms with Gasteiger partial charge in [0, 0.05) is 100 Å². The van der Waals surface area contributed by atoms with Crippen LogP contribution in [0.25, 0.3) is 0 Å². The number of carbonyl (C=O) groups is 12. The molecular formula is C84H132N14O15S4. The van der Waals surface area contributed by atoms with Crippen molar-refractivity contribution in [3.8, 4) is 0 Å². The van der Waals surface area contributed by atoms with Gasteiger partial charge in [0.05, 0.1) is 68.4 Å². The number of amides is 13. The first kappa shape index (κ1) is 98.1. The molecule has 117 heavy (non-hydrogen) atoms. The van der Waals surface area contributed by atoms with Crippen LogP contribution in [-0.4, -0.2) is 250 Å². The summed E-state index contributed by atoms with van der Waals surface area (Å²) in [6.45, 7) is 17.0. The molecule has 33 heteroatoms. The summed E-state index contributed by atoms with van der Waals surface area (Å²) in [7, 11) is 6.16. The molecule has 13 amide bonds. The Balaban J connectivity index is 1.01. The van der Waals surface area contributed by atoms with Crippen LogP contribution < -0.4 is 37.6 Å². The van der Waals surface area contributed by atoms with Crippen molar-refractivity contribution >= 4 is 124 Å². The molecule has 0 bridgehead atoms. The van der Waals surface area contributed by atoms with E-state index in [4.69, 9.17) is 19.9 Å². The molecule has 0 radical (unpaired) electrons. The number of carbonyl (C=O) groups excluding carboxylic acids is 12. The third-order valence-corrected chi connectivity index (χ3v) is 26.0. The fraction of sp³-hybridized carbons (Fsp3) is 0.679. The summed E-state index contributed by atoms with van der Waals surface area (Å²) in [6.07, 6.45) is 14.4. The van der Waals surface area contributed by atoms with Crippen LogP contribution in [-0.2, 0) is 75.2 Å². The van der Waals surface area contributed by atoms with Crippen molar-refractivity contribution in [2.75, 3.05) is 96.0 Å². The van der Waals surface area contributed by atoms with E-state index in [1.54, 1.807) is 104 Å². The van der Waals surface area contributed by atoms with E-state index < -0.39 is 114 Å². The topological polar surface area (TPSA) is 363 Å². The number of hydrogen-bond acceptors (Lipinski definition) is 20. The van der Waals surface area contributed by atoms with Gasteiger partial charge in [-0.1, -0.05) is 150 Å². The van der Waals surface area contributed by atoms with Crippen molar-refractivity contribution in [1.82, 2.24) is 61.0 Å². The van der Waals surface area contributed by atoms with E-state index in [2.05, 4.69) is 36.9 Å². The van der Waals surface area contributed by atoms with Crippen molar-refractivity contribution in [2.24, 2.45) is 35.3 Å². The van der Waals surface area contributed by atoms with Gasteiger partial charge in [0.15, 0.2) is 0 Å². The Hall–Kier alpha value is -7.72. The van der Waals surface area contributed by atoms with Crippen LogP contribution in [0.2, 0.25) is 0 Å². The number of likely N-dealkylation sites (tertiary alicyclic amines) is 1. The molecule has 3 aromatic rings. The van der Waals surface area contributed by atoms with Gasteiger partial charge in [-0.05, 0) is 98.1 Å². The molecule has 29 nitrogen and oxygen atoms in total. The number of primary amides is 1. The number of thioether (sulfide) groups is 3. The van der Waals surface area contributed by atoms with Crippen LogP contribution in [0, 0.1) is 29.6 Å². The lowest BCUT2D eigenvalue weighted by atomic mass is 9.89. The van der Waals surface area contributed by atoms with E-state index in [0.29, 0.717) is 66.7 Å². The van der Waals surface area contributed by atoms with Gasteiger partial charge in [-0.15, -0.1) is 11.3 Å². The number of nitrogens with one attached hydrogen (secondary N) is 6. The maximum atomic E-state index is 15.0. The molecule has 0 spiro atoms. The van der Waals surface area contributed by atoms with Gasteiger partial charge in [0.1, 0.15) is 35.8 Å². The summed E-state index contributed by atoms with van der Waals surface area (Å²) in [5, 5.41) is 20.3. The van der Waals surface area contributed by atoms with Crippen LogP contribution in [0.1, 0.15) is 194 Å². The largest absolute Gasteiger partial charge is 0.445 e. The number of urea groups is 1. The third kappa shape index (κ3) is 31.4. The Morgan fingerprint density at radius 2 is 1.26 bits per heavy atom. The van der Waals surface area contributed by atoms with Gasteiger partial charge in [0.2, 0.25) is 59.1 Å². The van der Waals surface area contributed by atoms with Gasteiger partial charge in [-0.25, -0.2) is 14.6 Å². The SMILES string of the molecule is CC[C@H](C)[C@@H]([C@@H](CC(=O)N1CCC[C@H]1[C@H](OC)[C@@H](C)C(=O)N[C@@H](Cc1ccccc1)c1nccs1)OC)N(C)C(=O)[C@@H](NC(=O)[C@H](C(C)C)N(C)C(=O)OCc1ccc(NC(=O)[C@H](CCCNC(N)=O)NC(=O)[C@@H](NC(=O)CSCCC(=O)N2CN(C(=O)CCSC)CN(C(=O)CCSC3CCCCCCCC3)C2)C(C)C)cc1)C(C)C. The molecule has 3 fully saturated rings. The second-order valence-electron chi connectivity index (χ2n) is 32.0. The van der Waals surface area contributed by atoms with Gasteiger partial charge >= 0.3 is 12.1 Å². The Morgan fingerprint density at radius 1 is 0.650 bits per heavy atom. The van der Waals surface area contributed by atoms with Crippen molar-refractivity contribution in [3.05, 3.63) is 82.3 Å². The normalized spacial score (nSPS) is 17.5. The maximum Gasteiger partial charge on any atom is 0.410 e. The molecular weight excluding hydrogens is 1570 g/mol. The minimum atomic E-state index is -1.16. The van der Waals surface area contributed by atoms with Crippen LogP contribution in [0.3, 0.4) is 0 Å². The van der Waals surface area contributed by atoms with Gasteiger partial charge in [0.25, 0.3) is 0 Å². The van der Waals surface area contributed by atoms with E-state index in [0.717, 1.165) is 23.4 Å². The Labute approximate surface area is 709 Å². The van der Waals surface area contributed by atoms with Crippen LogP contribution in [0.15, 0.2) is 66.2 Å². The van der Waals surface area contributed by atoms with Crippen LogP contribution >= 0.6 is 46.6 Å². The number of likely N-dealkylation sites (N-methyl/N-ethyl adjacent to an activating group) is 2. The first-order valence-corrected chi connectivity index (χ1v) is 46.0. The highest BCUT2D eigenvalue weighted by Gasteiger charge is 2.45. The molecule has 8 N–H and O–H groups in total. The molecule has 2 aliphatic heterocycles. The number of methoxy groups -OCH3 is 2. The van der Waals surface area contributed by atoms with Gasteiger partial charge in [-0.2, -0.15) is 35.3 Å². The minimum absolute atomic E-state index is 0.0319. The smallest absolute Gasteiger partial charge is 0.410 e. The van der Waals surface area contributed by atoms with Crippen molar-refractivity contribution in [3.63, 3.8) is 0 Å². The van der Waals surface area contributed by atoms with Crippen LogP contribution in [0.5, 0.6) is 0 Å². The second-order valence-corrected chi connectivity index (χ2v) is 36.4. The number of anilines is 1. The van der Waals surface area contributed by atoms with Crippen molar-refractivity contribution in [2.45, 2.75) is 244 Å². The number of hydrogen-bond donors (Lipinski definition) is 7.